The van der Waals surface area contributed by atoms with Crippen LogP contribution in [0.1, 0.15) is 13.8 Å². The average Bonchev–Trinajstić information content (AvgIpc) is 2.61. The molecular formula is C8H13N3O2S. The third-order valence-electron chi connectivity index (χ3n) is 1.95. The summed E-state index contributed by atoms with van der Waals surface area (Å²) in [5, 5.41) is 11.6. The van der Waals surface area contributed by atoms with Crippen molar-refractivity contribution in [2.45, 2.75) is 25.7 Å². The largest absolute Gasteiger partial charge is 0.353 e. The van der Waals surface area contributed by atoms with Crippen LogP contribution in [-0.2, 0) is 9.47 Å². The fraction of sp³-hybridized carbons (Fsp3) is 0.750. The lowest BCUT2D eigenvalue weighted by Gasteiger charge is -2.35. The van der Waals surface area contributed by atoms with Gasteiger partial charge >= 0.3 is 0 Å². The SMILES string of the molecule is CC1(C)OCC(Nc2nncs2)CO1. The summed E-state index contributed by atoms with van der Waals surface area (Å²) in [7, 11) is 0. The van der Waals surface area contributed by atoms with Crippen molar-refractivity contribution in [2.75, 3.05) is 18.5 Å². The molecule has 1 aliphatic rings. The minimum absolute atomic E-state index is 0.163. The zero-order chi connectivity index (χ0) is 10.0. The van der Waals surface area contributed by atoms with Gasteiger partial charge in [0.05, 0.1) is 19.3 Å². The summed E-state index contributed by atoms with van der Waals surface area (Å²) >= 11 is 1.47. The van der Waals surface area contributed by atoms with Crippen LogP contribution in [0.2, 0.25) is 0 Å². The predicted octanol–water partition coefficient (Wildman–Crippen LogP) is 1.10. The predicted molar refractivity (Wildman–Crippen MR) is 53.3 cm³/mol. The van der Waals surface area contributed by atoms with Gasteiger partial charge in [0.25, 0.3) is 0 Å². The first-order chi connectivity index (χ1) is 6.66. The number of hydrogen-bond donors (Lipinski definition) is 1. The van der Waals surface area contributed by atoms with Crippen LogP contribution in [0.25, 0.3) is 0 Å². The minimum atomic E-state index is -0.459. The Balaban J connectivity index is 1.85. The van der Waals surface area contributed by atoms with Gasteiger partial charge in [-0.2, -0.15) is 0 Å². The highest BCUT2D eigenvalue weighted by atomic mass is 32.1. The Morgan fingerprint density at radius 2 is 2.21 bits per heavy atom. The fourth-order valence-corrected chi connectivity index (χ4v) is 1.71. The Kier molecular flexibility index (Phi) is 2.66. The molecular weight excluding hydrogens is 202 g/mol. The highest BCUT2D eigenvalue weighted by Gasteiger charge is 2.28. The standard InChI is InChI=1S/C8H13N3O2S/c1-8(2)12-3-6(4-13-8)10-7-11-9-5-14-7/h5-6H,3-4H2,1-2H3,(H,10,11). The number of anilines is 1. The van der Waals surface area contributed by atoms with Crippen LogP contribution < -0.4 is 5.32 Å². The first-order valence-corrected chi connectivity index (χ1v) is 5.34. The number of nitrogens with zero attached hydrogens (tertiary/aromatic N) is 2. The van der Waals surface area contributed by atoms with Gasteiger partial charge in [0.15, 0.2) is 5.79 Å². The Morgan fingerprint density at radius 1 is 1.50 bits per heavy atom. The highest BCUT2D eigenvalue weighted by Crippen LogP contribution is 2.19. The van der Waals surface area contributed by atoms with Gasteiger partial charge in [-0.3, -0.25) is 0 Å². The van der Waals surface area contributed by atoms with Crippen molar-refractivity contribution in [3.8, 4) is 0 Å². The van der Waals surface area contributed by atoms with Crippen LogP contribution in [0, 0.1) is 0 Å². The maximum atomic E-state index is 5.50. The third kappa shape index (κ3) is 2.40. The lowest BCUT2D eigenvalue weighted by Crippen LogP contribution is -2.45. The molecule has 5 nitrogen and oxygen atoms in total. The molecule has 0 aromatic carbocycles. The van der Waals surface area contributed by atoms with Gasteiger partial charge in [0, 0.05) is 0 Å². The summed E-state index contributed by atoms with van der Waals surface area (Å²) in [4.78, 5) is 0. The number of ether oxygens (including phenoxy) is 2. The van der Waals surface area contributed by atoms with Crippen LogP contribution in [0.3, 0.4) is 0 Å². The van der Waals surface area contributed by atoms with Crippen LogP contribution in [0.15, 0.2) is 5.51 Å². The van der Waals surface area contributed by atoms with Crippen LogP contribution in [0.4, 0.5) is 5.13 Å². The van der Waals surface area contributed by atoms with Crippen LogP contribution in [-0.4, -0.2) is 35.2 Å². The lowest BCUT2D eigenvalue weighted by atomic mass is 10.2. The van der Waals surface area contributed by atoms with E-state index in [1.54, 1.807) is 5.51 Å². The van der Waals surface area contributed by atoms with E-state index >= 15 is 0 Å². The molecule has 0 radical (unpaired) electrons. The van der Waals surface area contributed by atoms with E-state index in [0.717, 1.165) is 5.13 Å². The molecule has 1 N–H and O–H groups in total. The Bertz CT molecular complexity index is 279. The van der Waals surface area contributed by atoms with E-state index < -0.39 is 5.79 Å². The average molecular weight is 215 g/mol. The topological polar surface area (TPSA) is 56.3 Å². The van der Waals surface area contributed by atoms with Crippen LogP contribution >= 0.6 is 11.3 Å². The Morgan fingerprint density at radius 3 is 2.79 bits per heavy atom. The quantitative estimate of drug-likeness (QED) is 0.800. The van der Waals surface area contributed by atoms with E-state index in [2.05, 4.69) is 15.5 Å². The summed E-state index contributed by atoms with van der Waals surface area (Å²) in [6.45, 7) is 5.08. The molecule has 1 saturated heterocycles. The molecule has 0 amide bonds. The number of nitrogens with one attached hydrogen (secondary N) is 1. The highest BCUT2D eigenvalue weighted by molar-refractivity contribution is 7.13. The Labute approximate surface area is 86.4 Å². The van der Waals surface area contributed by atoms with Gasteiger partial charge in [-0.15, -0.1) is 10.2 Å². The second-order valence-electron chi connectivity index (χ2n) is 3.61. The summed E-state index contributed by atoms with van der Waals surface area (Å²) in [6.07, 6.45) is 0. The number of aromatic nitrogens is 2. The molecule has 0 unspecified atom stereocenters. The zero-order valence-electron chi connectivity index (χ0n) is 8.19. The molecule has 14 heavy (non-hydrogen) atoms. The molecule has 0 aliphatic carbocycles. The second kappa shape index (κ2) is 3.80. The maximum Gasteiger partial charge on any atom is 0.205 e. The van der Waals surface area contributed by atoms with Gasteiger partial charge in [-0.25, -0.2) is 0 Å². The van der Waals surface area contributed by atoms with Crippen molar-refractivity contribution >= 4 is 16.5 Å². The molecule has 6 heteroatoms. The van der Waals surface area contributed by atoms with Crippen molar-refractivity contribution < 1.29 is 9.47 Å². The number of rotatable bonds is 2. The molecule has 0 spiro atoms. The van der Waals surface area contributed by atoms with Crippen LogP contribution in [0.5, 0.6) is 0 Å². The zero-order valence-corrected chi connectivity index (χ0v) is 9.00. The van der Waals surface area contributed by atoms with E-state index in [4.69, 9.17) is 9.47 Å². The van der Waals surface area contributed by atoms with Gasteiger partial charge in [-0.1, -0.05) is 11.3 Å². The van der Waals surface area contributed by atoms with E-state index in [9.17, 15) is 0 Å². The molecule has 1 aliphatic heterocycles. The second-order valence-corrected chi connectivity index (χ2v) is 4.44. The van der Waals surface area contributed by atoms with Gasteiger partial charge in [-0.05, 0) is 13.8 Å². The first kappa shape index (κ1) is 9.82. The van der Waals surface area contributed by atoms with Gasteiger partial charge in [0.2, 0.25) is 5.13 Å². The molecule has 2 rings (SSSR count). The maximum absolute atomic E-state index is 5.50. The van der Waals surface area contributed by atoms with Crippen molar-refractivity contribution in [1.29, 1.82) is 0 Å². The van der Waals surface area contributed by atoms with E-state index in [0.29, 0.717) is 13.2 Å². The summed E-state index contributed by atoms with van der Waals surface area (Å²) in [6, 6.07) is 0.163. The smallest absolute Gasteiger partial charge is 0.205 e. The molecule has 0 bridgehead atoms. The number of hydrogen-bond acceptors (Lipinski definition) is 6. The van der Waals surface area contributed by atoms with Crippen molar-refractivity contribution in [3.63, 3.8) is 0 Å². The molecule has 78 valence electrons. The van der Waals surface area contributed by atoms with Gasteiger partial charge in [0.1, 0.15) is 5.51 Å². The monoisotopic (exact) mass is 215 g/mol. The molecule has 2 heterocycles. The van der Waals surface area contributed by atoms with Crippen molar-refractivity contribution in [1.82, 2.24) is 10.2 Å². The lowest BCUT2D eigenvalue weighted by molar-refractivity contribution is -0.247. The first-order valence-electron chi connectivity index (χ1n) is 4.46. The van der Waals surface area contributed by atoms with Crippen molar-refractivity contribution in [2.24, 2.45) is 0 Å². The minimum Gasteiger partial charge on any atom is -0.353 e. The normalized spacial score (nSPS) is 22.1. The van der Waals surface area contributed by atoms with Gasteiger partial charge < -0.3 is 14.8 Å². The summed E-state index contributed by atoms with van der Waals surface area (Å²) < 4.78 is 11.0. The van der Waals surface area contributed by atoms with E-state index in [1.165, 1.54) is 11.3 Å². The van der Waals surface area contributed by atoms with E-state index in [-0.39, 0.29) is 6.04 Å². The third-order valence-corrected chi connectivity index (χ3v) is 2.57. The molecule has 0 saturated carbocycles. The summed E-state index contributed by atoms with van der Waals surface area (Å²) in [5.74, 6) is -0.459. The fourth-order valence-electron chi connectivity index (χ4n) is 1.19. The summed E-state index contributed by atoms with van der Waals surface area (Å²) in [5.41, 5.74) is 1.69. The molecule has 1 aromatic heterocycles. The van der Waals surface area contributed by atoms with Crippen molar-refractivity contribution in [3.05, 3.63) is 5.51 Å². The van der Waals surface area contributed by atoms with E-state index in [1.807, 2.05) is 13.8 Å². The molecule has 1 fully saturated rings. The molecule has 1 aromatic rings. The Hall–Kier alpha value is -0.720. The molecule has 0 atom stereocenters.